The Hall–Kier alpha value is 0.230. The van der Waals surface area contributed by atoms with Crippen LogP contribution in [-0.4, -0.2) is 32.8 Å². The van der Waals surface area contributed by atoms with E-state index in [1.807, 2.05) is 13.8 Å². The molecule has 0 spiro atoms. The van der Waals surface area contributed by atoms with Crippen molar-refractivity contribution in [2.24, 2.45) is 0 Å². The fourth-order valence-corrected chi connectivity index (χ4v) is 1.98. The maximum absolute atomic E-state index is 9.08. The summed E-state index contributed by atoms with van der Waals surface area (Å²) < 4.78 is 19.9. The van der Waals surface area contributed by atoms with Crippen LogP contribution in [0.15, 0.2) is 0 Å². The third kappa shape index (κ3) is 8.81. The van der Waals surface area contributed by atoms with Crippen molar-refractivity contribution in [1.82, 2.24) is 4.31 Å². The van der Waals surface area contributed by atoms with E-state index < -0.39 is 10.8 Å². The van der Waals surface area contributed by atoms with Gasteiger partial charge in [0.15, 0.2) is 0 Å². The molecule has 0 amide bonds. The molecule has 1 saturated heterocycles. The van der Waals surface area contributed by atoms with Crippen molar-refractivity contribution in [2.75, 3.05) is 19.3 Å². The fourth-order valence-electron chi connectivity index (χ4n) is 1.03. The summed E-state index contributed by atoms with van der Waals surface area (Å²) in [5.41, 5.74) is 0. The summed E-state index contributed by atoms with van der Waals surface area (Å²) in [4.78, 5) is 0. The molecule has 4 heteroatoms. The van der Waals surface area contributed by atoms with Gasteiger partial charge in [-0.25, -0.2) is 4.31 Å². The Balaban J connectivity index is 0. The third-order valence-corrected chi connectivity index (χ3v) is 2.90. The molecule has 0 bridgehead atoms. The molecule has 3 nitrogen and oxygen atoms in total. The van der Waals surface area contributed by atoms with Gasteiger partial charge < -0.3 is 0 Å². The molecule has 1 aliphatic rings. The van der Waals surface area contributed by atoms with Crippen LogP contribution in [-0.2, 0) is 0 Å². The molecular formula is C10H27NO2S. The van der Waals surface area contributed by atoms with Crippen molar-refractivity contribution in [3.8, 4) is 0 Å². The second kappa shape index (κ2) is 9.77. The molecule has 90 valence electrons. The SMILES string of the molecule is CC.CCC.CS(O)(O)N1CCCC1. The molecule has 0 aromatic carbocycles. The second-order valence-electron chi connectivity index (χ2n) is 3.14. The van der Waals surface area contributed by atoms with Gasteiger partial charge in [-0.15, -0.1) is 10.8 Å². The zero-order valence-electron chi connectivity index (χ0n) is 10.3. The van der Waals surface area contributed by atoms with E-state index in [4.69, 9.17) is 9.11 Å². The lowest BCUT2D eigenvalue weighted by molar-refractivity contribution is 0.393. The van der Waals surface area contributed by atoms with E-state index >= 15 is 0 Å². The van der Waals surface area contributed by atoms with E-state index in [0.29, 0.717) is 0 Å². The van der Waals surface area contributed by atoms with E-state index in [-0.39, 0.29) is 0 Å². The van der Waals surface area contributed by atoms with Gasteiger partial charge in [0.05, 0.1) is 0 Å². The smallest absolute Gasteiger partial charge is 0.0418 e. The third-order valence-electron chi connectivity index (χ3n) is 1.55. The maximum Gasteiger partial charge on any atom is 0.0418 e. The average molecular weight is 225 g/mol. The minimum absolute atomic E-state index is 0.846. The van der Waals surface area contributed by atoms with E-state index in [1.165, 1.54) is 12.7 Å². The molecule has 2 N–H and O–H groups in total. The van der Waals surface area contributed by atoms with Crippen molar-refractivity contribution >= 4 is 10.8 Å². The molecule has 14 heavy (non-hydrogen) atoms. The van der Waals surface area contributed by atoms with Gasteiger partial charge in [-0.3, -0.25) is 9.11 Å². The Morgan fingerprint density at radius 2 is 1.36 bits per heavy atom. The molecule has 1 heterocycles. The summed E-state index contributed by atoms with van der Waals surface area (Å²) in [6, 6.07) is 0. The molecule has 0 atom stereocenters. The highest BCUT2D eigenvalue weighted by atomic mass is 32.3. The number of hydrogen-bond donors (Lipinski definition) is 2. The molecule has 0 saturated carbocycles. The summed E-state index contributed by atoms with van der Waals surface area (Å²) in [5.74, 6) is 0. The molecule has 0 aliphatic carbocycles. The molecule has 0 aromatic rings. The molecule has 0 aromatic heterocycles. The fraction of sp³-hybridized carbons (Fsp3) is 1.00. The maximum atomic E-state index is 9.08. The molecular weight excluding hydrogens is 198 g/mol. The van der Waals surface area contributed by atoms with Gasteiger partial charge in [-0.2, -0.15) is 0 Å². The van der Waals surface area contributed by atoms with E-state index in [1.54, 1.807) is 4.31 Å². The summed E-state index contributed by atoms with van der Waals surface area (Å²) in [6.45, 7) is 9.94. The van der Waals surface area contributed by atoms with Gasteiger partial charge in [-0.05, 0) is 12.8 Å². The van der Waals surface area contributed by atoms with Crippen LogP contribution in [0.25, 0.3) is 0 Å². The van der Waals surface area contributed by atoms with Crippen LogP contribution in [0, 0.1) is 0 Å². The zero-order chi connectivity index (χ0) is 11.6. The lowest BCUT2D eigenvalue weighted by atomic mass is 10.4. The van der Waals surface area contributed by atoms with E-state index in [0.717, 1.165) is 25.9 Å². The van der Waals surface area contributed by atoms with E-state index in [9.17, 15) is 0 Å². The highest BCUT2D eigenvalue weighted by Crippen LogP contribution is 2.40. The van der Waals surface area contributed by atoms with Crippen LogP contribution >= 0.6 is 10.8 Å². The summed E-state index contributed by atoms with van der Waals surface area (Å²) >= 11 is 0. The Bertz CT molecular complexity index is 109. The Morgan fingerprint density at radius 3 is 1.50 bits per heavy atom. The molecule has 0 radical (unpaired) electrons. The predicted molar refractivity (Wildman–Crippen MR) is 66.9 cm³/mol. The zero-order valence-corrected chi connectivity index (χ0v) is 11.1. The van der Waals surface area contributed by atoms with Crippen molar-refractivity contribution < 1.29 is 9.11 Å². The van der Waals surface area contributed by atoms with Crippen LogP contribution in [0.4, 0.5) is 0 Å². The van der Waals surface area contributed by atoms with Crippen LogP contribution in [0.3, 0.4) is 0 Å². The van der Waals surface area contributed by atoms with Gasteiger partial charge in [0, 0.05) is 19.3 Å². The summed E-state index contributed by atoms with van der Waals surface area (Å²) in [5, 5.41) is 0. The Morgan fingerprint density at radius 1 is 1.07 bits per heavy atom. The standard InChI is InChI=1S/C5H13NO2S.C3H8.C2H6/c1-9(7,8)6-4-2-3-5-6;1-3-2;1-2/h7-8H,2-5H2,1H3;3H2,1-2H3;1-2H3. The molecule has 1 aliphatic heterocycles. The predicted octanol–water partition coefficient (Wildman–Crippen LogP) is 3.82. The monoisotopic (exact) mass is 225 g/mol. The van der Waals surface area contributed by atoms with Crippen LogP contribution in [0.2, 0.25) is 0 Å². The van der Waals surface area contributed by atoms with Crippen molar-refractivity contribution in [3.63, 3.8) is 0 Å². The van der Waals surface area contributed by atoms with E-state index in [2.05, 4.69) is 13.8 Å². The summed E-state index contributed by atoms with van der Waals surface area (Å²) in [7, 11) is -2.37. The van der Waals surface area contributed by atoms with Crippen LogP contribution < -0.4 is 0 Å². The van der Waals surface area contributed by atoms with Gasteiger partial charge in [0.2, 0.25) is 0 Å². The number of nitrogens with zero attached hydrogens (tertiary/aromatic N) is 1. The number of rotatable bonds is 1. The second-order valence-corrected chi connectivity index (χ2v) is 5.24. The highest BCUT2D eigenvalue weighted by Gasteiger charge is 2.20. The first kappa shape index (κ1) is 16.7. The molecule has 1 fully saturated rings. The molecule has 1 rings (SSSR count). The topological polar surface area (TPSA) is 43.7 Å². The first-order valence-electron chi connectivity index (χ1n) is 5.50. The first-order chi connectivity index (χ1) is 6.52. The highest BCUT2D eigenvalue weighted by molar-refractivity contribution is 8.21. The lowest BCUT2D eigenvalue weighted by Gasteiger charge is -2.36. The average Bonchev–Trinajstić information content (AvgIpc) is 2.60. The van der Waals surface area contributed by atoms with Crippen LogP contribution in [0.5, 0.6) is 0 Å². The normalized spacial score (nSPS) is 17.6. The lowest BCUT2D eigenvalue weighted by Crippen LogP contribution is -2.22. The Kier molecular flexibility index (Phi) is 11.6. The van der Waals surface area contributed by atoms with Gasteiger partial charge >= 0.3 is 0 Å². The summed E-state index contributed by atoms with van der Waals surface area (Å²) in [6.07, 6.45) is 4.94. The van der Waals surface area contributed by atoms with Crippen molar-refractivity contribution in [2.45, 2.75) is 47.0 Å². The molecule has 0 unspecified atom stereocenters. The van der Waals surface area contributed by atoms with Crippen LogP contribution in [0.1, 0.15) is 47.0 Å². The van der Waals surface area contributed by atoms with Gasteiger partial charge in [0.1, 0.15) is 0 Å². The Labute approximate surface area is 91.0 Å². The number of hydrogen-bond acceptors (Lipinski definition) is 3. The van der Waals surface area contributed by atoms with Gasteiger partial charge in [-0.1, -0.05) is 34.1 Å². The van der Waals surface area contributed by atoms with Crippen molar-refractivity contribution in [3.05, 3.63) is 0 Å². The quantitative estimate of drug-likeness (QED) is 0.713. The first-order valence-corrected chi connectivity index (χ1v) is 7.41. The van der Waals surface area contributed by atoms with Crippen molar-refractivity contribution in [1.29, 1.82) is 0 Å². The minimum Gasteiger partial charge on any atom is -0.286 e. The largest absolute Gasteiger partial charge is 0.286 e. The minimum atomic E-state index is -2.37. The van der Waals surface area contributed by atoms with Gasteiger partial charge in [0.25, 0.3) is 0 Å².